The molecule has 0 saturated heterocycles. The summed E-state index contributed by atoms with van der Waals surface area (Å²) in [5, 5.41) is 3.27. The molecule has 0 bridgehead atoms. The molecule has 0 spiro atoms. The first-order valence-corrected chi connectivity index (χ1v) is 6.68. The zero-order valence-corrected chi connectivity index (χ0v) is 11.5. The Bertz CT molecular complexity index is 343. The molecule has 1 N–H and O–H groups in total. The minimum Gasteiger partial charge on any atom is -0.317 e. The predicted molar refractivity (Wildman–Crippen MR) is 71.6 cm³/mol. The van der Waals surface area contributed by atoms with Gasteiger partial charge in [-0.25, -0.2) is 8.78 Å². The first-order valence-electron chi connectivity index (χ1n) is 6.68. The van der Waals surface area contributed by atoms with Crippen LogP contribution in [-0.2, 0) is 6.42 Å². The Labute approximate surface area is 109 Å². The van der Waals surface area contributed by atoms with Crippen LogP contribution in [0.15, 0.2) is 18.2 Å². The zero-order chi connectivity index (χ0) is 13.5. The maximum Gasteiger partial charge on any atom is 0.129 e. The topological polar surface area (TPSA) is 12.0 Å². The summed E-state index contributed by atoms with van der Waals surface area (Å²) in [5.41, 5.74) is 0.223. The van der Waals surface area contributed by atoms with Crippen molar-refractivity contribution in [1.82, 2.24) is 5.32 Å². The van der Waals surface area contributed by atoms with E-state index in [4.69, 9.17) is 0 Å². The minimum absolute atomic E-state index is 0.223. The highest BCUT2D eigenvalue weighted by Gasteiger charge is 2.16. The van der Waals surface area contributed by atoms with Crippen molar-refractivity contribution < 1.29 is 8.78 Å². The van der Waals surface area contributed by atoms with Crippen molar-refractivity contribution in [2.75, 3.05) is 13.1 Å². The summed E-state index contributed by atoms with van der Waals surface area (Å²) in [5.74, 6) is -0.0552. The van der Waals surface area contributed by atoms with E-state index in [2.05, 4.69) is 19.2 Å². The van der Waals surface area contributed by atoms with E-state index in [1.165, 1.54) is 18.2 Å². The fraction of sp³-hybridized carbons (Fsp3) is 0.600. The second kappa shape index (κ2) is 7.47. The van der Waals surface area contributed by atoms with Gasteiger partial charge in [-0.1, -0.05) is 26.8 Å². The van der Waals surface area contributed by atoms with E-state index in [-0.39, 0.29) is 11.5 Å². The number of nitrogens with one attached hydrogen (secondary N) is 1. The van der Waals surface area contributed by atoms with Crippen molar-refractivity contribution in [3.05, 3.63) is 35.4 Å². The van der Waals surface area contributed by atoms with Gasteiger partial charge in [-0.3, -0.25) is 0 Å². The molecule has 0 radical (unpaired) electrons. The molecular formula is C15H23F2N. The van der Waals surface area contributed by atoms with Crippen LogP contribution < -0.4 is 5.32 Å². The van der Waals surface area contributed by atoms with Crippen molar-refractivity contribution in [2.24, 2.45) is 11.8 Å². The molecule has 1 nitrogen and oxygen atoms in total. The first kappa shape index (κ1) is 15.1. The van der Waals surface area contributed by atoms with Gasteiger partial charge in [0.05, 0.1) is 0 Å². The van der Waals surface area contributed by atoms with E-state index in [0.29, 0.717) is 12.3 Å². The van der Waals surface area contributed by atoms with Gasteiger partial charge in [0, 0.05) is 5.56 Å². The third-order valence-corrected chi connectivity index (χ3v) is 3.04. The van der Waals surface area contributed by atoms with Crippen molar-refractivity contribution >= 4 is 0 Å². The lowest BCUT2D eigenvalue weighted by Crippen LogP contribution is -2.25. The molecule has 0 fully saturated rings. The van der Waals surface area contributed by atoms with Crippen LogP contribution in [0.5, 0.6) is 0 Å². The van der Waals surface area contributed by atoms with Gasteiger partial charge in [-0.2, -0.15) is 0 Å². The SMILES string of the molecule is CCNCC(Cc1c(F)cccc1F)CC(C)C. The molecule has 0 amide bonds. The lowest BCUT2D eigenvalue weighted by atomic mass is 9.90. The van der Waals surface area contributed by atoms with Crippen molar-refractivity contribution in [3.63, 3.8) is 0 Å². The zero-order valence-electron chi connectivity index (χ0n) is 11.5. The van der Waals surface area contributed by atoms with Gasteiger partial charge in [0.25, 0.3) is 0 Å². The maximum atomic E-state index is 13.6. The van der Waals surface area contributed by atoms with Gasteiger partial charge in [0.2, 0.25) is 0 Å². The Kier molecular flexibility index (Phi) is 6.27. The standard InChI is InChI=1S/C15H23F2N/c1-4-18-10-12(8-11(2)3)9-13-14(16)6-5-7-15(13)17/h5-7,11-12,18H,4,8-10H2,1-3H3. The molecule has 18 heavy (non-hydrogen) atoms. The summed E-state index contributed by atoms with van der Waals surface area (Å²) in [6.45, 7) is 8.00. The van der Waals surface area contributed by atoms with Crippen molar-refractivity contribution in [2.45, 2.75) is 33.6 Å². The third kappa shape index (κ3) is 4.73. The molecule has 0 aliphatic rings. The molecule has 0 heterocycles. The van der Waals surface area contributed by atoms with Gasteiger partial charge in [0.1, 0.15) is 11.6 Å². The van der Waals surface area contributed by atoms with Crippen molar-refractivity contribution in [3.8, 4) is 0 Å². The Morgan fingerprint density at radius 1 is 1.17 bits per heavy atom. The Balaban J connectivity index is 2.75. The molecule has 1 atom stereocenters. The molecule has 1 rings (SSSR count). The van der Waals surface area contributed by atoms with E-state index in [9.17, 15) is 8.78 Å². The van der Waals surface area contributed by atoms with Crippen LogP contribution in [0.1, 0.15) is 32.8 Å². The predicted octanol–water partition coefficient (Wildman–Crippen LogP) is 3.78. The maximum absolute atomic E-state index is 13.6. The van der Waals surface area contributed by atoms with Crippen LogP contribution >= 0.6 is 0 Å². The molecule has 1 aromatic rings. The summed E-state index contributed by atoms with van der Waals surface area (Å²) >= 11 is 0. The summed E-state index contributed by atoms with van der Waals surface area (Å²) in [6, 6.07) is 4.08. The van der Waals surface area contributed by atoms with Gasteiger partial charge in [-0.05, 0) is 49.9 Å². The summed E-state index contributed by atoms with van der Waals surface area (Å²) in [7, 11) is 0. The highest BCUT2D eigenvalue weighted by molar-refractivity contribution is 5.20. The monoisotopic (exact) mass is 255 g/mol. The fourth-order valence-corrected chi connectivity index (χ4v) is 2.27. The van der Waals surface area contributed by atoms with E-state index in [0.717, 1.165) is 19.5 Å². The Morgan fingerprint density at radius 3 is 2.28 bits per heavy atom. The van der Waals surface area contributed by atoms with Crippen LogP contribution in [0.2, 0.25) is 0 Å². The second-order valence-corrected chi connectivity index (χ2v) is 5.21. The van der Waals surface area contributed by atoms with Gasteiger partial charge in [0.15, 0.2) is 0 Å². The third-order valence-electron chi connectivity index (χ3n) is 3.04. The largest absolute Gasteiger partial charge is 0.317 e. The Morgan fingerprint density at radius 2 is 1.78 bits per heavy atom. The first-order chi connectivity index (χ1) is 8.54. The van der Waals surface area contributed by atoms with Gasteiger partial charge in [-0.15, -0.1) is 0 Å². The molecule has 3 heteroatoms. The van der Waals surface area contributed by atoms with E-state index in [1.54, 1.807) is 0 Å². The van der Waals surface area contributed by atoms with E-state index >= 15 is 0 Å². The quantitative estimate of drug-likeness (QED) is 0.782. The Hall–Kier alpha value is -0.960. The minimum atomic E-state index is -0.430. The highest BCUT2D eigenvalue weighted by Crippen LogP contribution is 2.21. The normalized spacial score (nSPS) is 13.0. The smallest absolute Gasteiger partial charge is 0.129 e. The van der Waals surface area contributed by atoms with Gasteiger partial charge < -0.3 is 5.32 Å². The van der Waals surface area contributed by atoms with Crippen LogP contribution in [0.3, 0.4) is 0 Å². The van der Waals surface area contributed by atoms with E-state index in [1.807, 2.05) is 6.92 Å². The molecular weight excluding hydrogens is 232 g/mol. The second-order valence-electron chi connectivity index (χ2n) is 5.21. The average Bonchev–Trinajstić information content (AvgIpc) is 2.30. The van der Waals surface area contributed by atoms with Gasteiger partial charge >= 0.3 is 0 Å². The average molecular weight is 255 g/mol. The molecule has 102 valence electrons. The summed E-state index contributed by atoms with van der Waals surface area (Å²) in [6.07, 6.45) is 1.43. The number of halogens is 2. The lowest BCUT2D eigenvalue weighted by molar-refractivity contribution is 0.378. The summed E-state index contributed by atoms with van der Waals surface area (Å²) < 4.78 is 27.2. The summed E-state index contributed by atoms with van der Waals surface area (Å²) in [4.78, 5) is 0. The van der Waals surface area contributed by atoms with Crippen molar-refractivity contribution in [1.29, 1.82) is 0 Å². The van der Waals surface area contributed by atoms with Crippen LogP contribution in [0, 0.1) is 23.5 Å². The number of benzene rings is 1. The molecule has 0 aromatic heterocycles. The number of hydrogen-bond acceptors (Lipinski definition) is 1. The molecule has 1 unspecified atom stereocenters. The van der Waals surface area contributed by atoms with Crippen LogP contribution in [-0.4, -0.2) is 13.1 Å². The van der Waals surface area contributed by atoms with Crippen LogP contribution in [0.4, 0.5) is 8.78 Å². The number of rotatable bonds is 7. The lowest BCUT2D eigenvalue weighted by Gasteiger charge is -2.20. The highest BCUT2D eigenvalue weighted by atomic mass is 19.1. The molecule has 0 aliphatic carbocycles. The number of hydrogen-bond donors (Lipinski definition) is 1. The van der Waals surface area contributed by atoms with E-state index < -0.39 is 11.6 Å². The fourth-order valence-electron chi connectivity index (χ4n) is 2.27. The molecule has 0 aliphatic heterocycles. The van der Waals surface area contributed by atoms with Crippen LogP contribution in [0.25, 0.3) is 0 Å². The molecule has 0 saturated carbocycles. The molecule has 1 aromatic carbocycles.